The van der Waals surface area contributed by atoms with E-state index < -0.39 is 6.10 Å². The van der Waals surface area contributed by atoms with E-state index in [4.69, 9.17) is 11.6 Å². The Hall–Kier alpha value is -2.11. The molecule has 1 atom stereocenters. The van der Waals surface area contributed by atoms with Gasteiger partial charge in [0.15, 0.2) is 0 Å². The summed E-state index contributed by atoms with van der Waals surface area (Å²) in [7, 11) is 0. The zero-order valence-corrected chi connectivity index (χ0v) is 12.0. The lowest BCUT2D eigenvalue weighted by atomic mass is 10.1. The first-order valence-electron chi connectivity index (χ1n) is 6.50. The lowest BCUT2D eigenvalue weighted by Gasteiger charge is -2.14. The van der Waals surface area contributed by atoms with Crippen LogP contribution in [0.3, 0.4) is 0 Å². The molecular weight excluding hydrogens is 290 g/mol. The molecule has 0 radical (unpaired) electrons. The van der Waals surface area contributed by atoms with E-state index in [2.05, 4.69) is 15.6 Å². The Morgan fingerprint density at radius 3 is 2.62 bits per heavy atom. The number of pyridine rings is 1. The van der Waals surface area contributed by atoms with Crippen molar-refractivity contribution in [1.82, 2.24) is 15.6 Å². The van der Waals surface area contributed by atoms with E-state index >= 15 is 0 Å². The van der Waals surface area contributed by atoms with Crippen LogP contribution in [0, 0.1) is 0 Å². The number of aliphatic hydroxyl groups is 1. The van der Waals surface area contributed by atoms with E-state index in [-0.39, 0.29) is 12.6 Å². The fourth-order valence-electron chi connectivity index (χ4n) is 1.79. The SMILES string of the molecule is O=C(NCc1ccncc1)NCC(O)c1ccccc1Cl. The number of hydrogen-bond acceptors (Lipinski definition) is 3. The van der Waals surface area contributed by atoms with Crippen LogP contribution in [0.15, 0.2) is 48.8 Å². The number of rotatable bonds is 5. The van der Waals surface area contributed by atoms with Crippen molar-refractivity contribution in [3.05, 3.63) is 64.9 Å². The highest BCUT2D eigenvalue weighted by Gasteiger charge is 2.12. The van der Waals surface area contributed by atoms with Gasteiger partial charge in [-0.1, -0.05) is 29.8 Å². The number of nitrogens with zero attached hydrogens (tertiary/aromatic N) is 1. The van der Waals surface area contributed by atoms with Crippen molar-refractivity contribution in [2.24, 2.45) is 0 Å². The number of hydrogen-bond donors (Lipinski definition) is 3. The van der Waals surface area contributed by atoms with Crippen molar-refractivity contribution in [2.45, 2.75) is 12.6 Å². The monoisotopic (exact) mass is 305 g/mol. The number of carbonyl (C=O) groups is 1. The molecule has 1 aromatic carbocycles. The van der Waals surface area contributed by atoms with Gasteiger partial charge in [0.1, 0.15) is 0 Å². The molecule has 2 rings (SSSR count). The molecule has 3 N–H and O–H groups in total. The topological polar surface area (TPSA) is 74.2 Å². The molecule has 0 aliphatic heterocycles. The summed E-state index contributed by atoms with van der Waals surface area (Å²) in [5.74, 6) is 0. The van der Waals surface area contributed by atoms with E-state index in [9.17, 15) is 9.90 Å². The van der Waals surface area contributed by atoms with Crippen LogP contribution >= 0.6 is 11.6 Å². The summed E-state index contributed by atoms with van der Waals surface area (Å²) >= 11 is 5.98. The molecule has 1 unspecified atom stereocenters. The summed E-state index contributed by atoms with van der Waals surface area (Å²) in [4.78, 5) is 15.6. The minimum atomic E-state index is -0.842. The number of nitrogens with one attached hydrogen (secondary N) is 2. The molecule has 0 fully saturated rings. The normalized spacial score (nSPS) is 11.7. The largest absolute Gasteiger partial charge is 0.387 e. The molecule has 0 spiro atoms. The van der Waals surface area contributed by atoms with E-state index in [1.165, 1.54) is 0 Å². The molecule has 0 bridgehead atoms. The van der Waals surface area contributed by atoms with Crippen molar-refractivity contribution in [3.8, 4) is 0 Å². The first-order chi connectivity index (χ1) is 10.2. The van der Waals surface area contributed by atoms with Crippen molar-refractivity contribution in [1.29, 1.82) is 0 Å². The van der Waals surface area contributed by atoms with E-state index in [1.807, 2.05) is 12.1 Å². The zero-order chi connectivity index (χ0) is 15.1. The van der Waals surface area contributed by atoms with Gasteiger partial charge in [0.05, 0.1) is 6.10 Å². The standard InChI is InChI=1S/C15H16ClN3O2/c16-13-4-2-1-3-12(13)14(20)10-19-15(21)18-9-11-5-7-17-8-6-11/h1-8,14,20H,9-10H2,(H2,18,19,21). The highest BCUT2D eigenvalue weighted by molar-refractivity contribution is 6.31. The van der Waals surface area contributed by atoms with Gasteiger partial charge in [0.25, 0.3) is 0 Å². The van der Waals surface area contributed by atoms with Crippen LogP contribution in [0.5, 0.6) is 0 Å². The smallest absolute Gasteiger partial charge is 0.315 e. The van der Waals surface area contributed by atoms with Gasteiger partial charge in [-0.15, -0.1) is 0 Å². The van der Waals surface area contributed by atoms with Crippen LogP contribution in [-0.2, 0) is 6.54 Å². The quantitative estimate of drug-likeness (QED) is 0.793. The van der Waals surface area contributed by atoms with Crippen LogP contribution in [0.2, 0.25) is 5.02 Å². The van der Waals surface area contributed by atoms with Crippen LogP contribution in [-0.4, -0.2) is 22.7 Å². The average Bonchev–Trinajstić information content (AvgIpc) is 2.52. The second-order valence-electron chi connectivity index (χ2n) is 4.46. The molecule has 0 aliphatic rings. The fourth-order valence-corrected chi connectivity index (χ4v) is 2.05. The first-order valence-corrected chi connectivity index (χ1v) is 6.87. The van der Waals surface area contributed by atoms with Crippen LogP contribution in [0.1, 0.15) is 17.2 Å². The van der Waals surface area contributed by atoms with E-state index in [0.29, 0.717) is 17.1 Å². The van der Waals surface area contributed by atoms with Gasteiger partial charge in [-0.3, -0.25) is 4.98 Å². The highest BCUT2D eigenvalue weighted by atomic mass is 35.5. The number of benzene rings is 1. The number of aromatic nitrogens is 1. The Bertz CT molecular complexity index is 592. The molecule has 21 heavy (non-hydrogen) atoms. The molecule has 5 nitrogen and oxygen atoms in total. The van der Waals surface area contributed by atoms with Crippen LogP contribution < -0.4 is 10.6 Å². The molecule has 2 amide bonds. The summed E-state index contributed by atoms with van der Waals surface area (Å²) in [6, 6.07) is 10.3. The second kappa shape index (κ2) is 7.61. The molecule has 0 saturated heterocycles. The molecule has 6 heteroatoms. The van der Waals surface area contributed by atoms with Crippen LogP contribution in [0.4, 0.5) is 4.79 Å². The van der Waals surface area contributed by atoms with Gasteiger partial charge >= 0.3 is 6.03 Å². The minimum Gasteiger partial charge on any atom is -0.387 e. The van der Waals surface area contributed by atoms with Gasteiger partial charge in [-0.25, -0.2) is 4.79 Å². The third kappa shape index (κ3) is 4.73. The van der Waals surface area contributed by atoms with Crippen molar-refractivity contribution >= 4 is 17.6 Å². The molecule has 0 aliphatic carbocycles. The molecule has 0 saturated carbocycles. The molecule has 1 heterocycles. The van der Waals surface area contributed by atoms with E-state index in [0.717, 1.165) is 5.56 Å². The van der Waals surface area contributed by atoms with Crippen molar-refractivity contribution in [3.63, 3.8) is 0 Å². The number of aliphatic hydroxyl groups excluding tert-OH is 1. The lowest BCUT2D eigenvalue weighted by molar-refractivity contribution is 0.173. The fraction of sp³-hybridized carbons (Fsp3) is 0.200. The molecule has 2 aromatic rings. The maximum Gasteiger partial charge on any atom is 0.315 e. The lowest BCUT2D eigenvalue weighted by Crippen LogP contribution is -2.37. The predicted octanol–water partition coefficient (Wildman–Crippen LogP) is 2.27. The van der Waals surface area contributed by atoms with Gasteiger partial charge in [0, 0.05) is 36.1 Å². The zero-order valence-electron chi connectivity index (χ0n) is 11.3. The Morgan fingerprint density at radius 2 is 1.90 bits per heavy atom. The highest BCUT2D eigenvalue weighted by Crippen LogP contribution is 2.21. The van der Waals surface area contributed by atoms with Crippen molar-refractivity contribution in [2.75, 3.05) is 6.54 Å². The number of halogens is 1. The number of carbonyl (C=O) groups excluding carboxylic acids is 1. The third-order valence-electron chi connectivity index (χ3n) is 2.92. The van der Waals surface area contributed by atoms with Crippen molar-refractivity contribution < 1.29 is 9.90 Å². The average molecular weight is 306 g/mol. The van der Waals surface area contributed by atoms with Gasteiger partial charge in [0.2, 0.25) is 0 Å². The second-order valence-corrected chi connectivity index (χ2v) is 4.86. The number of amides is 2. The maximum absolute atomic E-state index is 11.7. The molecule has 1 aromatic heterocycles. The molecule has 110 valence electrons. The number of urea groups is 1. The predicted molar refractivity (Wildman–Crippen MR) is 80.9 cm³/mol. The summed E-state index contributed by atoms with van der Waals surface area (Å²) in [5.41, 5.74) is 1.54. The Kier molecular flexibility index (Phi) is 5.54. The van der Waals surface area contributed by atoms with Gasteiger partial charge in [-0.05, 0) is 23.8 Å². The Labute approximate surface area is 128 Å². The van der Waals surface area contributed by atoms with E-state index in [1.54, 1.807) is 36.7 Å². The summed E-state index contributed by atoms with van der Waals surface area (Å²) in [6.07, 6.45) is 2.48. The summed E-state index contributed by atoms with van der Waals surface area (Å²) in [5, 5.41) is 15.8. The summed E-state index contributed by atoms with van der Waals surface area (Å²) < 4.78 is 0. The third-order valence-corrected chi connectivity index (χ3v) is 3.27. The first kappa shape index (κ1) is 15.3. The maximum atomic E-state index is 11.7. The van der Waals surface area contributed by atoms with Gasteiger partial charge < -0.3 is 15.7 Å². The molecular formula is C15H16ClN3O2. The summed E-state index contributed by atoms with van der Waals surface area (Å²) in [6.45, 7) is 0.489. The minimum absolute atomic E-state index is 0.0892. The Balaban J connectivity index is 1.77. The van der Waals surface area contributed by atoms with Gasteiger partial charge in [-0.2, -0.15) is 0 Å². The Morgan fingerprint density at radius 1 is 1.19 bits per heavy atom. The van der Waals surface area contributed by atoms with Crippen LogP contribution in [0.25, 0.3) is 0 Å².